The molecule has 1 amide bonds. The zero-order valence-electron chi connectivity index (χ0n) is 15.3. The monoisotopic (exact) mass is 396 g/mol. The predicted octanol–water partition coefficient (Wildman–Crippen LogP) is 3.68. The second kappa shape index (κ2) is 8.58. The Morgan fingerprint density at radius 1 is 0.893 bits per heavy atom. The van der Waals surface area contributed by atoms with E-state index in [1.807, 2.05) is 30.3 Å². The first-order chi connectivity index (χ1) is 13.5. The molecule has 3 aromatic carbocycles. The molecule has 0 aliphatic carbocycles. The topological polar surface area (TPSA) is 84.5 Å². The standard InChI is InChI=1S/C21H20N2O4S/c1-27-19-12-10-17(11-13-19)23-28(25,26)20-9-5-8-18(15-20)22-21(24)14-16-6-3-2-4-7-16/h2-13,15,23H,14H2,1H3,(H,22,24). The molecule has 3 rings (SSSR count). The molecule has 0 aliphatic rings. The van der Waals surface area contributed by atoms with E-state index in [0.29, 0.717) is 17.1 Å². The molecule has 28 heavy (non-hydrogen) atoms. The van der Waals surface area contributed by atoms with Gasteiger partial charge in [0.15, 0.2) is 0 Å². The van der Waals surface area contributed by atoms with Gasteiger partial charge in [0, 0.05) is 11.4 Å². The number of hydrogen-bond donors (Lipinski definition) is 2. The van der Waals surface area contributed by atoms with Crippen molar-refractivity contribution in [1.82, 2.24) is 0 Å². The second-order valence-corrected chi connectivity index (χ2v) is 7.75. The quantitative estimate of drug-likeness (QED) is 0.638. The summed E-state index contributed by atoms with van der Waals surface area (Å²) >= 11 is 0. The van der Waals surface area contributed by atoms with E-state index in [1.54, 1.807) is 36.4 Å². The first-order valence-electron chi connectivity index (χ1n) is 8.57. The van der Waals surface area contributed by atoms with Gasteiger partial charge in [-0.05, 0) is 48.0 Å². The molecule has 0 saturated heterocycles. The molecule has 3 aromatic rings. The van der Waals surface area contributed by atoms with Gasteiger partial charge in [0.25, 0.3) is 10.0 Å². The third-order valence-corrected chi connectivity index (χ3v) is 5.36. The number of carbonyl (C=O) groups excluding carboxylic acids is 1. The average Bonchev–Trinajstić information content (AvgIpc) is 2.69. The van der Waals surface area contributed by atoms with E-state index < -0.39 is 10.0 Å². The fourth-order valence-electron chi connectivity index (χ4n) is 2.60. The van der Waals surface area contributed by atoms with Crippen LogP contribution in [0.1, 0.15) is 5.56 Å². The maximum atomic E-state index is 12.6. The molecule has 0 spiro atoms. The fourth-order valence-corrected chi connectivity index (χ4v) is 3.70. The number of ether oxygens (including phenoxy) is 1. The second-order valence-electron chi connectivity index (χ2n) is 6.07. The van der Waals surface area contributed by atoms with E-state index in [9.17, 15) is 13.2 Å². The minimum absolute atomic E-state index is 0.0563. The number of carbonyl (C=O) groups is 1. The smallest absolute Gasteiger partial charge is 0.261 e. The summed E-state index contributed by atoms with van der Waals surface area (Å²) in [5, 5.41) is 2.73. The molecule has 144 valence electrons. The van der Waals surface area contributed by atoms with Crippen LogP contribution in [0.5, 0.6) is 5.75 Å². The van der Waals surface area contributed by atoms with Crippen molar-refractivity contribution in [2.24, 2.45) is 0 Å². The van der Waals surface area contributed by atoms with Crippen LogP contribution in [-0.4, -0.2) is 21.4 Å². The van der Waals surface area contributed by atoms with E-state index in [1.165, 1.54) is 19.2 Å². The molecular weight excluding hydrogens is 376 g/mol. The highest BCUT2D eigenvalue weighted by atomic mass is 32.2. The van der Waals surface area contributed by atoms with E-state index in [0.717, 1.165) is 5.56 Å². The van der Waals surface area contributed by atoms with Crippen molar-refractivity contribution in [3.05, 3.63) is 84.4 Å². The van der Waals surface area contributed by atoms with Crippen LogP contribution in [0.4, 0.5) is 11.4 Å². The Morgan fingerprint density at radius 2 is 1.61 bits per heavy atom. The van der Waals surface area contributed by atoms with Crippen LogP contribution in [-0.2, 0) is 21.2 Å². The van der Waals surface area contributed by atoms with E-state index >= 15 is 0 Å². The maximum Gasteiger partial charge on any atom is 0.261 e. The lowest BCUT2D eigenvalue weighted by Gasteiger charge is -2.11. The van der Waals surface area contributed by atoms with Crippen molar-refractivity contribution < 1.29 is 17.9 Å². The lowest BCUT2D eigenvalue weighted by atomic mass is 10.1. The number of benzene rings is 3. The van der Waals surface area contributed by atoms with Gasteiger partial charge in [0.1, 0.15) is 5.75 Å². The molecule has 0 unspecified atom stereocenters. The largest absolute Gasteiger partial charge is 0.497 e. The Kier molecular flexibility index (Phi) is 5.96. The van der Waals surface area contributed by atoms with Crippen molar-refractivity contribution in [2.75, 3.05) is 17.1 Å². The van der Waals surface area contributed by atoms with Crippen molar-refractivity contribution in [1.29, 1.82) is 0 Å². The van der Waals surface area contributed by atoms with Gasteiger partial charge in [-0.25, -0.2) is 8.42 Å². The molecule has 6 nitrogen and oxygen atoms in total. The van der Waals surface area contributed by atoms with Crippen LogP contribution in [0.3, 0.4) is 0 Å². The molecule has 0 heterocycles. The van der Waals surface area contributed by atoms with Crippen LogP contribution in [0.15, 0.2) is 83.8 Å². The van der Waals surface area contributed by atoms with Gasteiger partial charge in [0.2, 0.25) is 5.91 Å². The molecule has 0 radical (unpaired) electrons. The molecule has 0 aliphatic heterocycles. The first kappa shape index (κ1) is 19.4. The van der Waals surface area contributed by atoms with Crippen LogP contribution >= 0.6 is 0 Å². The zero-order chi connectivity index (χ0) is 20.0. The minimum atomic E-state index is -3.79. The lowest BCUT2D eigenvalue weighted by Crippen LogP contribution is -2.16. The van der Waals surface area contributed by atoms with Crippen molar-refractivity contribution in [2.45, 2.75) is 11.3 Å². The SMILES string of the molecule is COc1ccc(NS(=O)(=O)c2cccc(NC(=O)Cc3ccccc3)c2)cc1. The van der Waals surface area contributed by atoms with E-state index in [2.05, 4.69) is 10.0 Å². The molecular formula is C21H20N2O4S. The highest BCUT2D eigenvalue weighted by Gasteiger charge is 2.15. The summed E-state index contributed by atoms with van der Waals surface area (Å²) in [6.45, 7) is 0. The summed E-state index contributed by atoms with van der Waals surface area (Å²) in [5.41, 5.74) is 1.71. The van der Waals surface area contributed by atoms with Gasteiger partial charge < -0.3 is 10.1 Å². The number of hydrogen-bond acceptors (Lipinski definition) is 4. The summed E-state index contributed by atoms with van der Waals surface area (Å²) in [4.78, 5) is 12.3. The number of amides is 1. The van der Waals surface area contributed by atoms with Crippen LogP contribution in [0.25, 0.3) is 0 Å². The Balaban J connectivity index is 1.71. The Hall–Kier alpha value is -3.32. The number of methoxy groups -OCH3 is 1. The first-order valence-corrected chi connectivity index (χ1v) is 10.1. The third-order valence-electron chi connectivity index (χ3n) is 3.98. The van der Waals surface area contributed by atoms with Gasteiger partial charge in [-0.1, -0.05) is 36.4 Å². The molecule has 2 N–H and O–H groups in total. The minimum Gasteiger partial charge on any atom is -0.497 e. The number of anilines is 2. The molecule has 0 bridgehead atoms. The van der Waals surface area contributed by atoms with Gasteiger partial charge in [0.05, 0.1) is 18.4 Å². The molecule has 0 atom stereocenters. The summed E-state index contributed by atoms with van der Waals surface area (Å²) in [7, 11) is -2.25. The molecule has 0 aromatic heterocycles. The summed E-state index contributed by atoms with van der Waals surface area (Å²) < 4.78 is 32.8. The zero-order valence-corrected chi connectivity index (χ0v) is 16.1. The molecule has 0 saturated carbocycles. The molecule has 0 fully saturated rings. The third kappa shape index (κ3) is 5.11. The van der Waals surface area contributed by atoms with Crippen LogP contribution in [0, 0.1) is 0 Å². The maximum absolute atomic E-state index is 12.6. The van der Waals surface area contributed by atoms with Gasteiger partial charge >= 0.3 is 0 Å². The molecule has 7 heteroatoms. The normalized spacial score (nSPS) is 10.9. The van der Waals surface area contributed by atoms with Crippen LogP contribution < -0.4 is 14.8 Å². The summed E-state index contributed by atoms with van der Waals surface area (Å²) in [5.74, 6) is 0.412. The number of sulfonamides is 1. The van der Waals surface area contributed by atoms with Crippen molar-refractivity contribution in [3.8, 4) is 5.75 Å². The number of rotatable bonds is 7. The van der Waals surface area contributed by atoms with E-state index in [-0.39, 0.29) is 17.2 Å². The fraction of sp³-hybridized carbons (Fsp3) is 0.0952. The summed E-state index contributed by atoms with van der Waals surface area (Å²) in [6.07, 6.45) is 0.210. The Bertz CT molecular complexity index is 1050. The predicted molar refractivity (Wildman–Crippen MR) is 109 cm³/mol. The van der Waals surface area contributed by atoms with Gasteiger partial charge in [-0.15, -0.1) is 0 Å². The number of nitrogens with one attached hydrogen (secondary N) is 2. The van der Waals surface area contributed by atoms with Gasteiger partial charge in [-0.3, -0.25) is 9.52 Å². The lowest BCUT2D eigenvalue weighted by molar-refractivity contribution is -0.115. The van der Waals surface area contributed by atoms with Gasteiger partial charge in [-0.2, -0.15) is 0 Å². The van der Waals surface area contributed by atoms with E-state index in [4.69, 9.17) is 4.74 Å². The van der Waals surface area contributed by atoms with Crippen molar-refractivity contribution in [3.63, 3.8) is 0 Å². The van der Waals surface area contributed by atoms with Crippen molar-refractivity contribution >= 4 is 27.3 Å². The van der Waals surface area contributed by atoms with Crippen LogP contribution in [0.2, 0.25) is 0 Å². The highest BCUT2D eigenvalue weighted by Crippen LogP contribution is 2.21. The summed E-state index contributed by atoms with van der Waals surface area (Å²) in [6, 6.07) is 22.0. The average molecular weight is 396 g/mol. The Labute approximate surface area is 164 Å². The Morgan fingerprint density at radius 3 is 2.29 bits per heavy atom. The highest BCUT2D eigenvalue weighted by molar-refractivity contribution is 7.92.